The first-order chi connectivity index (χ1) is 12.6. The van der Waals surface area contributed by atoms with Gasteiger partial charge in [0.1, 0.15) is 0 Å². The number of hydrogen-bond acceptors (Lipinski definition) is 6. The van der Waals surface area contributed by atoms with Crippen LogP contribution >= 0.6 is 11.8 Å². The lowest BCUT2D eigenvalue weighted by Crippen LogP contribution is -2.27. The number of carboxylic acids is 1. The van der Waals surface area contributed by atoms with Crippen molar-refractivity contribution in [3.05, 3.63) is 60.2 Å². The van der Waals surface area contributed by atoms with Crippen LogP contribution in [0.3, 0.4) is 0 Å². The van der Waals surface area contributed by atoms with Crippen molar-refractivity contribution in [3.63, 3.8) is 0 Å². The van der Waals surface area contributed by atoms with Crippen LogP contribution in [0.5, 0.6) is 0 Å². The number of aromatic carboxylic acids is 1. The number of aromatic nitrogens is 4. The highest BCUT2D eigenvalue weighted by atomic mass is 32.2. The normalized spacial score (nSPS) is 10.5. The van der Waals surface area contributed by atoms with Gasteiger partial charge in [-0.3, -0.25) is 4.79 Å². The third kappa shape index (κ3) is 3.89. The van der Waals surface area contributed by atoms with Crippen LogP contribution in [0.1, 0.15) is 10.4 Å². The molecule has 0 unspecified atom stereocenters. The molecular weight excluding hydrogens is 354 g/mol. The van der Waals surface area contributed by atoms with Gasteiger partial charge in [0.2, 0.25) is 11.1 Å². The molecule has 0 aliphatic heterocycles. The minimum Gasteiger partial charge on any atom is -0.478 e. The Labute approximate surface area is 153 Å². The van der Waals surface area contributed by atoms with E-state index in [1.165, 1.54) is 28.6 Å². The first kappa shape index (κ1) is 17.6. The SMILES string of the molecule is CN(C(=O)CSc1nnnn1-c1ccc(C(=O)O)cc1)c1ccccc1. The van der Waals surface area contributed by atoms with Crippen LogP contribution in [0.4, 0.5) is 5.69 Å². The average Bonchev–Trinajstić information content (AvgIpc) is 3.15. The molecule has 0 bridgehead atoms. The molecule has 0 radical (unpaired) electrons. The molecule has 0 saturated heterocycles. The first-order valence-electron chi connectivity index (χ1n) is 7.63. The van der Waals surface area contributed by atoms with Gasteiger partial charge in [-0.15, -0.1) is 5.10 Å². The number of carbonyl (C=O) groups excluding carboxylic acids is 1. The fraction of sp³-hybridized carbons (Fsp3) is 0.118. The molecule has 3 rings (SSSR count). The zero-order valence-corrected chi connectivity index (χ0v) is 14.6. The molecule has 0 aliphatic rings. The summed E-state index contributed by atoms with van der Waals surface area (Å²) in [5, 5.41) is 20.9. The zero-order valence-electron chi connectivity index (χ0n) is 13.8. The molecule has 0 aliphatic carbocycles. The maximum Gasteiger partial charge on any atom is 0.335 e. The molecule has 3 aromatic rings. The Bertz CT molecular complexity index is 912. The van der Waals surface area contributed by atoms with Crippen LogP contribution in [-0.4, -0.2) is 50.0 Å². The lowest BCUT2D eigenvalue weighted by atomic mass is 10.2. The number of hydrogen-bond donors (Lipinski definition) is 1. The standard InChI is InChI=1S/C17H15N5O3S/c1-21(13-5-3-2-4-6-13)15(23)11-26-17-18-19-20-22(17)14-9-7-12(8-10-14)16(24)25/h2-10H,11H2,1H3,(H,24,25). The van der Waals surface area contributed by atoms with Crippen LogP contribution in [0.15, 0.2) is 59.8 Å². The Morgan fingerprint density at radius 3 is 2.46 bits per heavy atom. The van der Waals surface area contributed by atoms with E-state index in [0.29, 0.717) is 10.8 Å². The highest BCUT2D eigenvalue weighted by molar-refractivity contribution is 7.99. The number of carboxylic acid groups (broad SMARTS) is 1. The average molecular weight is 369 g/mol. The van der Waals surface area contributed by atoms with Crippen molar-refractivity contribution in [2.75, 3.05) is 17.7 Å². The Balaban J connectivity index is 1.69. The van der Waals surface area contributed by atoms with Gasteiger partial charge in [-0.05, 0) is 46.8 Å². The van der Waals surface area contributed by atoms with Gasteiger partial charge < -0.3 is 10.0 Å². The van der Waals surface area contributed by atoms with Gasteiger partial charge in [-0.25, -0.2) is 4.79 Å². The second-order valence-corrected chi connectivity index (χ2v) is 6.24. The summed E-state index contributed by atoms with van der Waals surface area (Å²) in [5.41, 5.74) is 1.60. The molecule has 132 valence electrons. The summed E-state index contributed by atoms with van der Waals surface area (Å²) in [6.07, 6.45) is 0. The van der Waals surface area contributed by atoms with Gasteiger partial charge in [0.25, 0.3) is 0 Å². The van der Waals surface area contributed by atoms with E-state index in [9.17, 15) is 9.59 Å². The monoisotopic (exact) mass is 369 g/mol. The first-order valence-corrected chi connectivity index (χ1v) is 8.61. The van der Waals surface area contributed by atoms with Gasteiger partial charge in [0, 0.05) is 12.7 Å². The Morgan fingerprint density at radius 2 is 1.81 bits per heavy atom. The van der Waals surface area contributed by atoms with E-state index in [-0.39, 0.29) is 17.2 Å². The molecule has 1 aromatic heterocycles. The van der Waals surface area contributed by atoms with E-state index in [1.54, 1.807) is 24.1 Å². The number of benzene rings is 2. The molecule has 1 N–H and O–H groups in total. The summed E-state index contributed by atoms with van der Waals surface area (Å²) in [4.78, 5) is 24.9. The molecule has 0 saturated carbocycles. The molecule has 0 fully saturated rings. The predicted octanol–water partition coefficient (Wildman–Crippen LogP) is 2.12. The predicted molar refractivity (Wildman–Crippen MR) is 96.7 cm³/mol. The van der Waals surface area contributed by atoms with Crippen molar-refractivity contribution < 1.29 is 14.7 Å². The largest absolute Gasteiger partial charge is 0.478 e. The molecule has 9 heteroatoms. The number of carbonyl (C=O) groups is 2. The fourth-order valence-electron chi connectivity index (χ4n) is 2.19. The number of para-hydroxylation sites is 1. The third-order valence-electron chi connectivity index (χ3n) is 3.64. The lowest BCUT2D eigenvalue weighted by Gasteiger charge is -2.16. The van der Waals surface area contributed by atoms with Crippen molar-refractivity contribution in [2.45, 2.75) is 5.16 Å². The summed E-state index contributed by atoms with van der Waals surface area (Å²) < 4.78 is 1.46. The molecule has 0 atom stereocenters. The number of nitrogens with zero attached hydrogens (tertiary/aromatic N) is 5. The summed E-state index contributed by atoms with van der Waals surface area (Å²) >= 11 is 1.21. The van der Waals surface area contributed by atoms with Crippen molar-refractivity contribution >= 4 is 29.3 Å². The van der Waals surface area contributed by atoms with E-state index in [2.05, 4.69) is 15.5 Å². The molecule has 1 heterocycles. The minimum absolute atomic E-state index is 0.0861. The number of thioether (sulfide) groups is 1. The van der Waals surface area contributed by atoms with Crippen molar-refractivity contribution in [2.24, 2.45) is 0 Å². The highest BCUT2D eigenvalue weighted by Crippen LogP contribution is 2.20. The van der Waals surface area contributed by atoms with Gasteiger partial charge >= 0.3 is 5.97 Å². The van der Waals surface area contributed by atoms with Crippen LogP contribution in [0, 0.1) is 0 Å². The summed E-state index contributed by atoms with van der Waals surface area (Å²) in [6, 6.07) is 15.5. The Kier molecular flexibility index (Phi) is 5.28. The van der Waals surface area contributed by atoms with Gasteiger partial charge in [-0.1, -0.05) is 30.0 Å². The molecule has 1 amide bonds. The van der Waals surface area contributed by atoms with Crippen LogP contribution in [0.2, 0.25) is 0 Å². The maximum atomic E-state index is 12.4. The number of amides is 1. The van der Waals surface area contributed by atoms with E-state index in [4.69, 9.17) is 5.11 Å². The second-order valence-electron chi connectivity index (χ2n) is 5.30. The summed E-state index contributed by atoms with van der Waals surface area (Å²) in [5.74, 6) is -0.923. The molecule has 2 aromatic carbocycles. The van der Waals surface area contributed by atoms with Crippen molar-refractivity contribution in [1.82, 2.24) is 20.2 Å². The quantitative estimate of drug-likeness (QED) is 0.664. The van der Waals surface area contributed by atoms with E-state index in [0.717, 1.165) is 5.69 Å². The van der Waals surface area contributed by atoms with Crippen LogP contribution in [-0.2, 0) is 4.79 Å². The zero-order chi connectivity index (χ0) is 18.5. The van der Waals surface area contributed by atoms with Gasteiger partial charge in [-0.2, -0.15) is 4.68 Å². The Morgan fingerprint density at radius 1 is 1.12 bits per heavy atom. The van der Waals surface area contributed by atoms with E-state index >= 15 is 0 Å². The molecule has 26 heavy (non-hydrogen) atoms. The summed E-state index contributed by atoms with van der Waals surface area (Å²) in [6.45, 7) is 0. The molecule has 8 nitrogen and oxygen atoms in total. The molecule has 0 spiro atoms. The molecular formula is C17H15N5O3S. The summed E-state index contributed by atoms with van der Waals surface area (Å²) in [7, 11) is 1.71. The maximum absolute atomic E-state index is 12.4. The Hall–Kier alpha value is -3.20. The van der Waals surface area contributed by atoms with E-state index < -0.39 is 5.97 Å². The van der Waals surface area contributed by atoms with E-state index in [1.807, 2.05) is 30.3 Å². The number of anilines is 1. The lowest BCUT2D eigenvalue weighted by molar-refractivity contribution is -0.115. The third-order valence-corrected chi connectivity index (χ3v) is 4.55. The fourth-order valence-corrected chi connectivity index (χ4v) is 3.00. The second kappa shape index (κ2) is 7.79. The van der Waals surface area contributed by atoms with Gasteiger partial charge in [0.15, 0.2) is 0 Å². The van der Waals surface area contributed by atoms with Gasteiger partial charge in [0.05, 0.1) is 17.0 Å². The van der Waals surface area contributed by atoms with Crippen molar-refractivity contribution in [3.8, 4) is 5.69 Å². The van der Waals surface area contributed by atoms with Crippen molar-refractivity contribution in [1.29, 1.82) is 0 Å². The highest BCUT2D eigenvalue weighted by Gasteiger charge is 2.15. The van der Waals surface area contributed by atoms with Crippen LogP contribution < -0.4 is 4.90 Å². The topological polar surface area (TPSA) is 101 Å². The number of rotatable bonds is 6. The minimum atomic E-state index is -1.00. The number of tetrazole rings is 1. The van der Waals surface area contributed by atoms with Crippen LogP contribution in [0.25, 0.3) is 5.69 Å². The smallest absolute Gasteiger partial charge is 0.335 e.